The van der Waals surface area contributed by atoms with Gasteiger partial charge < -0.3 is 10.4 Å². The highest BCUT2D eigenvalue weighted by molar-refractivity contribution is 6.37. The van der Waals surface area contributed by atoms with Crippen molar-refractivity contribution >= 4 is 46.4 Å². The number of nitrogens with one attached hydrogen (secondary N) is 1. The van der Waals surface area contributed by atoms with E-state index in [0.717, 1.165) is 0 Å². The molecule has 2 aromatic rings. The van der Waals surface area contributed by atoms with Crippen LogP contribution in [0.3, 0.4) is 0 Å². The Hall–Kier alpha value is -1.42. The number of amides is 1. The van der Waals surface area contributed by atoms with E-state index in [-0.39, 0.29) is 16.3 Å². The van der Waals surface area contributed by atoms with Crippen LogP contribution in [-0.4, -0.2) is 11.0 Å². The van der Waals surface area contributed by atoms with Crippen molar-refractivity contribution in [2.24, 2.45) is 0 Å². The second-order valence-corrected chi connectivity index (χ2v) is 4.99. The fraction of sp³-hybridized carbons (Fsp3) is 0. The summed E-state index contributed by atoms with van der Waals surface area (Å²) in [6, 6.07) is 8.82. The molecule has 0 bridgehead atoms. The van der Waals surface area contributed by atoms with Crippen LogP contribution in [0.2, 0.25) is 15.1 Å². The van der Waals surface area contributed by atoms with Gasteiger partial charge in [-0.25, -0.2) is 0 Å². The third kappa shape index (κ3) is 3.32. The van der Waals surface area contributed by atoms with Crippen molar-refractivity contribution in [3.8, 4) is 5.75 Å². The lowest BCUT2D eigenvalue weighted by molar-refractivity contribution is 0.102. The zero-order chi connectivity index (χ0) is 14.0. The van der Waals surface area contributed by atoms with E-state index in [1.165, 1.54) is 24.3 Å². The SMILES string of the molecule is O=C(Nc1cc(Cl)ccc1Cl)c1cc(O)ccc1Cl. The zero-order valence-corrected chi connectivity index (χ0v) is 11.7. The summed E-state index contributed by atoms with van der Waals surface area (Å²) in [7, 11) is 0. The van der Waals surface area contributed by atoms with Gasteiger partial charge in [-0.1, -0.05) is 34.8 Å². The van der Waals surface area contributed by atoms with Crippen LogP contribution in [0, 0.1) is 0 Å². The average molecular weight is 317 g/mol. The van der Waals surface area contributed by atoms with E-state index in [0.29, 0.717) is 15.7 Å². The van der Waals surface area contributed by atoms with E-state index in [4.69, 9.17) is 34.8 Å². The van der Waals surface area contributed by atoms with E-state index >= 15 is 0 Å². The Morgan fingerprint density at radius 1 is 1.00 bits per heavy atom. The Bertz CT molecular complexity index is 644. The monoisotopic (exact) mass is 315 g/mol. The molecule has 2 aromatic carbocycles. The molecule has 3 nitrogen and oxygen atoms in total. The van der Waals surface area contributed by atoms with Crippen LogP contribution in [-0.2, 0) is 0 Å². The van der Waals surface area contributed by atoms with Gasteiger partial charge in [-0.2, -0.15) is 0 Å². The quantitative estimate of drug-likeness (QED) is 0.850. The molecule has 0 saturated heterocycles. The Balaban J connectivity index is 2.30. The van der Waals surface area contributed by atoms with Crippen LogP contribution in [0.15, 0.2) is 36.4 Å². The number of aromatic hydroxyl groups is 1. The number of phenolic OH excluding ortho intramolecular Hbond substituents is 1. The lowest BCUT2D eigenvalue weighted by Gasteiger charge is -2.09. The molecule has 6 heteroatoms. The third-order valence-electron chi connectivity index (χ3n) is 2.37. The van der Waals surface area contributed by atoms with E-state index < -0.39 is 5.91 Å². The van der Waals surface area contributed by atoms with E-state index in [2.05, 4.69) is 5.32 Å². The second kappa shape index (κ2) is 5.70. The molecular formula is C13H8Cl3NO2. The number of phenols is 1. The molecule has 0 aliphatic rings. The maximum Gasteiger partial charge on any atom is 0.257 e. The number of benzene rings is 2. The molecule has 0 saturated carbocycles. The molecule has 98 valence electrons. The van der Waals surface area contributed by atoms with Crippen LogP contribution >= 0.6 is 34.8 Å². The number of hydrogen-bond donors (Lipinski definition) is 2. The van der Waals surface area contributed by atoms with Crippen molar-refractivity contribution in [1.82, 2.24) is 0 Å². The summed E-state index contributed by atoms with van der Waals surface area (Å²) < 4.78 is 0. The Kier molecular flexibility index (Phi) is 4.20. The fourth-order valence-corrected chi connectivity index (χ4v) is 2.01. The van der Waals surface area contributed by atoms with Crippen LogP contribution in [0.5, 0.6) is 5.75 Å². The minimum absolute atomic E-state index is 0.0493. The number of halogens is 3. The Morgan fingerprint density at radius 2 is 1.68 bits per heavy atom. The molecule has 0 spiro atoms. The fourth-order valence-electron chi connectivity index (χ4n) is 1.47. The van der Waals surface area contributed by atoms with Crippen molar-refractivity contribution in [1.29, 1.82) is 0 Å². The molecule has 0 aliphatic heterocycles. The van der Waals surface area contributed by atoms with Crippen molar-refractivity contribution in [3.63, 3.8) is 0 Å². The van der Waals surface area contributed by atoms with Gasteiger partial charge in [0.2, 0.25) is 0 Å². The third-order valence-corrected chi connectivity index (χ3v) is 3.27. The van der Waals surface area contributed by atoms with Crippen molar-refractivity contribution in [2.75, 3.05) is 5.32 Å². The first kappa shape index (κ1) is 14.0. The Labute approximate surface area is 124 Å². The van der Waals surface area contributed by atoms with Gasteiger partial charge in [0, 0.05) is 5.02 Å². The number of carbonyl (C=O) groups excluding carboxylic acids is 1. The molecule has 0 atom stereocenters. The summed E-state index contributed by atoms with van der Waals surface area (Å²) in [4.78, 5) is 12.0. The van der Waals surface area contributed by atoms with E-state index in [1.807, 2.05) is 0 Å². The predicted molar refractivity (Wildman–Crippen MR) is 77.5 cm³/mol. The van der Waals surface area contributed by atoms with Crippen molar-refractivity contribution < 1.29 is 9.90 Å². The molecule has 0 unspecified atom stereocenters. The maximum atomic E-state index is 12.0. The first-order chi connectivity index (χ1) is 8.97. The van der Waals surface area contributed by atoms with E-state index in [9.17, 15) is 9.90 Å². The summed E-state index contributed by atoms with van der Waals surface area (Å²) in [5, 5.41) is 13.0. The summed E-state index contributed by atoms with van der Waals surface area (Å²) in [6.07, 6.45) is 0. The molecular weight excluding hydrogens is 309 g/mol. The van der Waals surface area contributed by atoms with Gasteiger partial charge in [-0.3, -0.25) is 4.79 Å². The van der Waals surface area contributed by atoms with Crippen LogP contribution < -0.4 is 5.32 Å². The topological polar surface area (TPSA) is 49.3 Å². The number of anilines is 1. The molecule has 0 aliphatic carbocycles. The lowest BCUT2D eigenvalue weighted by atomic mass is 10.2. The van der Waals surface area contributed by atoms with Gasteiger partial charge in [0.25, 0.3) is 5.91 Å². The summed E-state index contributed by atoms with van der Waals surface area (Å²) >= 11 is 17.7. The van der Waals surface area contributed by atoms with Crippen LogP contribution in [0.4, 0.5) is 5.69 Å². The van der Waals surface area contributed by atoms with Gasteiger partial charge in [-0.15, -0.1) is 0 Å². The molecule has 0 fully saturated rings. The molecule has 2 N–H and O–H groups in total. The molecule has 19 heavy (non-hydrogen) atoms. The lowest BCUT2D eigenvalue weighted by Crippen LogP contribution is -2.12. The maximum absolute atomic E-state index is 12.0. The minimum atomic E-state index is -0.481. The normalized spacial score (nSPS) is 10.3. The van der Waals surface area contributed by atoms with Gasteiger partial charge in [-0.05, 0) is 36.4 Å². The largest absolute Gasteiger partial charge is 0.508 e. The smallest absolute Gasteiger partial charge is 0.257 e. The summed E-state index contributed by atoms with van der Waals surface area (Å²) in [6.45, 7) is 0. The highest BCUT2D eigenvalue weighted by atomic mass is 35.5. The van der Waals surface area contributed by atoms with Crippen LogP contribution in [0.1, 0.15) is 10.4 Å². The standard InChI is InChI=1S/C13H8Cl3NO2/c14-7-1-3-11(16)12(5-7)17-13(19)9-6-8(18)2-4-10(9)15/h1-6,18H,(H,17,19). The predicted octanol–water partition coefficient (Wildman–Crippen LogP) is 4.60. The highest BCUT2D eigenvalue weighted by Gasteiger charge is 2.13. The molecule has 0 aromatic heterocycles. The Morgan fingerprint density at radius 3 is 2.42 bits per heavy atom. The van der Waals surface area contributed by atoms with Crippen LogP contribution in [0.25, 0.3) is 0 Å². The van der Waals surface area contributed by atoms with Gasteiger partial charge in [0.1, 0.15) is 5.75 Å². The first-order valence-electron chi connectivity index (χ1n) is 5.22. The molecule has 2 rings (SSSR count). The number of carbonyl (C=O) groups is 1. The number of hydrogen-bond acceptors (Lipinski definition) is 2. The zero-order valence-electron chi connectivity index (χ0n) is 9.45. The van der Waals surface area contributed by atoms with Gasteiger partial charge in [0.15, 0.2) is 0 Å². The van der Waals surface area contributed by atoms with Gasteiger partial charge >= 0.3 is 0 Å². The highest BCUT2D eigenvalue weighted by Crippen LogP contribution is 2.27. The number of rotatable bonds is 2. The second-order valence-electron chi connectivity index (χ2n) is 3.74. The minimum Gasteiger partial charge on any atom is -0.508 e. The summed E-state index contributed by atoms with van der Waals surface area (Å²) in [5.74, 6) is -0.531. The van der Waals surface area contributed by atoms with Crippen molar-refractivity contribution in [3.05, 3.63) is 57.0 Å². The average Bonchev–Trinajstić information content (AvgIpc) is 2.36. The first-order valence-corrected chi connectivity index (χ1v) is 6.35. The summed E-state index contributed by atoms with van der Waals surface area (Å²) in [5.41, 5.74) is 0.524. The molecule has 1 amide bonds. The molecule has 0 heterocycles. The van der Waals surface area contributed by atoms with E-state index in [1.54, 1.807) is 12.1 Å². The van der Waals surface area contributed by atoms with Gasteiger partial charge in [0.05, 0.1) is 21.3 Å². The van der Waals surface area contributed by atoms with Crippen molar-refractivity contribution in [2.45, 2.75) is 0 Å². The molecule has 0 radical (unpaired) electrons.